The predicted molar refractivity (Wildman–Crippen MR) is 94.8 cm³/mol. The van der Waals surface area contributed by atoms with Gasteiger partial charge in [-0.05, 0) is 30.5 Å². The molecule has 0 bridgehead atoms. The molecule has 1 aliphatic heterocycles. The fraction of sp³-hybridized carbons (Fsp3) is 0.444. The lowest BCUT2D eigenvalue weighted by molar-refractivity contribution is -0.122. The van der Waals surface area contributed by atoms with Crippen molar-refractivity contribution >= 4 is 17.2 Å². The van der Waals surface area contributed by atoms with Gasteiger partial charge in [0.25, 0.3) is 0 Å². The van der Waals surface area contributed by atoms with Crippen LogP contribution < -0.4 is 5.32 Å². The second kappa shape index (κ2) is 8.03. The number of carbonyl (C=O) groups excluding carboxylic acids is 1. The minimum absolute atomic E-state index is 0.114. The molecule has 1 aliphatic rings. The van der Waals surface area contributed by atoms with Crippen molar-refractivity contribution in [1.29, 1.82) is 0 Å². The van der Waals surface area contributed by atoms with Gasteiger partial charge in [0, 0.05) is 25.0 Å². The van der Waals surface area contributed by atoms with E-state index in [-0.39, 0.29) is 24.2 Å². The van der Waals surface area contributed by atoms with Crippen molar-refractivity contribution in [2.24, 2.45) is 0 Å². The number of hydrogen-bond donors (Lipinski definition) is 2. The Morgan fingerprint density at radius 2 is 2.36 bits per heavy atom. The van der Waals surface area contributed by atoms with Crippen molar-refractivity contribution in [2.75, 3.05) is 13.1 Å². The van der Waals surface area contributed by atoms with E-state index in [1.807, 2.05) is 5.38 Å². The van der Waals surface area contributed by atoms with Gasteiger partial charge < -0.3 is 10.4 Å². The average Bonchev–Trinajstić information content (AvgIpc) is 3.06. The molecule has 0 spiro atoms. The summed E-state index contributed by atoms with van der Waals surface area (Å²) in [5, 5.41) is 15.2. The third-order valence-corrected chi connectivity index (χ3v) is 5.12. The average molecular weight is 363 g/mol. The minimum Gasteiger partial charge on any atom is -0.390 e. The number of nitrogens with zero attached hydrogens (tertiary/aromatic N) is 2. The highest BCUT2D eigenvalue weighted by Gasteiger charge is 2.29. The van der Waals surface area contributed by atoms with Gasteiger partial charge in [-0.1, -0.05) is 12.1 Å². The molecule has 7 heteroatoms. The van der Waals surface area contributed by atoms with Crippen molar-refractivity contribution < 1.29 is 14.3 Å². The van der Waals surface area contributed by atoms with Gasteiger partial charge in [-0.3, -0.25) is 9.69 Å². The van der Waals surface area contributed by atoms with E-state index in [0.717, 1.165) is 12.2 Å². The Hall–Kier alpha value is -1.83. The van der Waals surface area contributed by atoms with E-state index >= 15 is 0 Å². The molecule has 1 saturated heterocycles. The van der Waals surface area contributed by atoms with Gasteiger partial charge >= 0.3 is 0 Å². The Morgan fingerprint density at radius 3 is 3.04 bits per heavy atom. The molecule has 0 saturated carbocycles. The van der Waals surface area contributed by atoms with Crippen molar-refractivity contribution in [2.45, 2.75) is 38.5 Å². The second-order valence-electron chi connectivity index (χ2n) is 6.51. The highest BCUT2D eigenvalue weighted by molar-refractivity contribution is 7.07. The maximum atomic E-state index is 13.6. The summed E-state index contributed by atoms with van der Waals surface area (Å²) in [6.45, 7) is 3.69. The number of aliphatic hydroxyl groups is 1. The fourth-order valence-corrected chi connectivity index (χ4v) is 3.59. The number of piperidine rings is 1. The Bertz CT molecular complexity index is 723. The molecule has 5 nitrogen and oxygen atoms in total. The van der Waals surface area contributed by atoms with E-state index in [9.17, 15) is 14.3 Å². The number of likely N-dealkylation sites (tertiary alicyclic amines) is 1. The predicted octanol–water partition coefficient (Wildman–Crippen LogP) is 1.88. The fourth-order valence-electron chi connectivity index (χ4n) is 3.04. The summed E-state index contributed by atoms with van der Waals surface area (Å²) in [6.07, 6.45) is 0.175. The van der Waals surface area contributed by atoms with Crippen LogP contribution >= 0.6 is 11.3 Å². The molecule has 2 N–H and O–H groups in total. The number of aromatic nitrogens is 1. The molecule has 0 unspecified atom stereocenters. The molecule has 1 aromatic heterocycles. The number of hydrogen-bond acceptors (Lipinski definition) is 5. The smallest absolute Gasteiger partial charge is 0.224 e. The summed E-state index contributed by atoms with van der Waals surface area (Å²) in [5.41, 5.74) is 4.00. The summed E-state index contributed by atoms with van der Waals surface area (Å²) < 4.78 is 13.6. The number of β-amino-alcohol motifs (C(OH)–C–C–N with tert-alkyl or cyclic N) is 1. The lowest BCUT2D eigenvalue weighted by atomic mass is 10.0. The van der Waals surface area contributed by atoms with E-state index in [4.69, 9.17) is 0 Å². The van der Waals surface area contributed by atoms with E-state index in [1.54, 1.807) is 35.9 Å². The highest BCUT2D eigenvalue weighted by atomic mass is 32.1. The lowest BCUT2D eigenvalue weighted by Crippen LogP contribution is -2.54. The number of thiazole rings is 1. The molecular weight excluding hydrogens is 341 g/mol. The Labute approximate surface area is 150 Å². The largest absolute Gasteiger partial charge is 0.390 e. The van der Waals surface area contributed by atoms with Crippen molar-refractivity contribution in [1.82, 2.24) is 15.2 Å². The van der Waals surface area contributed by atoms with Gasteiger partial charge in [0.05, 0.1) is 29.8 Å². The second-order valence-corrected chi connectivity index (χ2v) is 7.22. The summed E-state index contributed by atoms with van der Waals surface area (Å²) in [6, 6.07) is 4.55. The molecule has 2 heterocycles. The van der Waals surface area contributed by atoms with Gasteiger partial charge in [0.2, 0.25) is 5.91 Å². The topological polar surface area (TPSA) is 65.5 Å². The summed E-state index contributed by atoms with van der Waals surface area (Å²) in [5.74, 6) is -0.499. The van der Waals surface area contributed by atoms with Crippen LogP contribution in [-0.4, -0.2) is 46.1 Å². The van der Waals surface area contributed by atoms with Crippen LogP contribution in [0, 0.1) is 12.7 Å². The standard InChI is InChI=1S/C18H22FN3O2S/c1-12-2-3-13(6-15(12)19)7-18(24)21-16-4-5-22(9-17(16)23)8-14-10-25-11-20-14/h2-3,6,10-11,16-17,23H,4-5,7-9H2,1H3,(H,21,24)/t16-,17-/m1/s1. The maximum Gasteiger partial charge on any atom is 0.224 e. The van der Waals surface area contributed by atoms with Crippen LogP contribution in [0.1, 0.15) is 23.2 Å². The van der Waals surface area contributed by atoms with Crippen molar-refractivity contribution in [3.63, 3.8) is 0 Å². The van der Waals surface area contributed by atoms with Gasteiger partial charge in [-0.2, -0.15) is 0 Å². The van der Waals surface area contributed by atoms with Crippen LogP contribution in [-0.2, 0) is 17.8 Å². The number of carbonyl (C=O) groups is 1. The molecule has 0 aliphatic carbocycles. The third-order valence-electron chi connectivity index (χ3n) is 4.48. The molecule has 1 fully saturated rings. The SMILES string of the molecule is Cc1ccc(CC(=O)N[C@@H]2CCN(Cc3cscn3)C[C@H]2O)cc1F. The molecule has 3 rings (SSSR count). The number of aliphatic hydroxyl groups excluding tert-OH is 1. The van der Waals surface area contributed by atoms with Crippen LogP contribution in [0.15, 0.2) is 29.1 Å². The molecule has 134 valence electrons. The van der Waals surface area contributed by atoms with E-state index in [2.05, 4.69) is 15.2 Å². The van der Waals surface area contributed by atoms with Gasteiger partial charge in [0.15, 0.2) is 0 Å². The zero-order valence-corrected chi connectivity index (χ0v) is 14.9. The van der Waals surface area contributed by atoms with Gasteiger partial charge in [-0.25, -0.2) is 9.37 Å². The number of amides is 1. The molecule has 25 heavy (non-hydrogen) atoms. The van der Waals surface area contributed by atoms with Crippen LogP contribution in [0.3, 0.4) is 0 Å². The Balaban J connectivity index is 1.49. The first-order chi connectivity index (χ1) is 12.0. The van der Waals surface area contributed by atoms with Crippen LogP contribution in [0.5, 0.6) is 0 Å². The monoisotopic (exact) mass is 363 g/mol. The number of rotatable bonds is 5. The summed E-state index contributed by atoms with van der Waals surface area (Å²) in [7, 11) is 0. The summed E-state index contributed by atoms with van der Waals surface area (Å²) >= 11 is 1.56. The highest BCUT2D eigenvalue weighted by Crippen LogP contribution is 2.15. The maximum absolute atomic E-state index is 13.6. The van der Waals surface area contributed by atoms with Crippen LogP contribution in [0.4, 0.5) is 4.39 Å². The molecule has 1 aromatic carbocycles. The zero-order chi connectivity index (χ0) is 17.8. The molecule has 0 radical (unpaired) electrons. The van der Waals surface area contributed by atoms with Crippen molar-refractivity contribution in [3.05, 3.63) is 51.7 Å². The Kier molecular flexibility index (Phi) is 5.78. The molecular formula is C18H22FN3O2S. The number of aryl methyl sites for hydroxylation is 1. The number of nitrogens with one attached hydrogen (secondary N) is 1. The van der Waals surface area contributed by atoms with E-state index in [1.165, 1.54) is 6.07 Å². The van der Waals surface area contributed by atoms with Crippen molar-refractivity contribution in [3.8, 4) is 0 Å². The number of halogens is 1. The molecule has 2 aromatic rings. The molecule has 1 amide bonds. The third kappa shape index (κ3) is 4.84. The minimum atomic E-state index is -0.619. The lowest BCUT2D eigenvalue weighted by Gasteiger charge is -2.36. The first kappa shape index (κ1) is 18.0. The first-order valence-corrected chi connectivity index (χ1v) is 9.27. The van der Waals surface area contributed by atoms with Crippen LogP contribution in [0.2, 0.25) is 0 Å². The van der Waals surface area contributed by atoms with Crippen LogP contribution in [0.25, 0.3) is 0 Å². The first-order valence-electron chi connectivity index (χ1n) is 8.33. The quantitative estimate of drug-likeness (QED) is 0.851. The van der Waals surface area contributed by atoms with E-state index < -0.39 is 6.10 Å². The normalized spacial score (nSPS) is 21.2. The van der Waals surface area contributed by atoms with E-state index in [0.29, 0.717) is 30.6 Å². The van der Waals surface area contributed by atoms with Gasteiger partial charge in [-0.15, -0.1) is 11.3 Å². The Morgan fingerprint density at radius 1 is 1.52 bits per heavy atom. The zero-order valence-electron chi connectivity index (χ0n) is 14.1. The number of benzene rings is 1. The summed E-state index contributed by atoms with van der Waals surface area (Å²) in [4.78, 5) is 18.6. The molecule has 2 atom stereocenters. The van der Waals surface area contributed by atoms with Gasteiger partial charge in [0.1, 0.15) is 5.82 Å².